The van der Waals surface area contributed by atoms with Gasteiger partial charge in [0.05, 0.1) is 10.7 Å². The third-order valence-corrected chi connectivity index (χ3v) is 3.53. The number of nitrogens with zero attached hydrogens (tertiary/aromatic N) is 1. The lowest BCUT2D eigenvalue weighted by Gasteiger charge is -2.08. The summed E-state index contributed by atoms with van der Waals surface area (Å²) in [5.41, 5.74) is 7.15. The number of aryl methyl sites for hydroxylation is 2. The van der Waals surface area contributed by atoms with Crippen LogP contribution in [0.1, 0.15) is 28.4 Å². The summed E-state index contributed by atoms with van der Waals surface area (Å²) in [7, 11) is 1.72. The van der Waals surface area contributed by atoms with Gasteiger partial charge in [-0.2, -0.15) is 0 Å². The first-order chi connectivity index (χ1) is 7.13. The fraction of sp³-hybridized carbons (Fsp3) is 0.727. The van der Waals surface area contributed by atoms with Crippen LogP contribution in [0.15, 0.2) is 0 Å². The highest BCUT2D eigenvalue weighted by atomic mass is 32.1. The van der Waals surface area contributed by atoms with E-state index in [4.69, 9.17) is 10.5 Å². The van der Waals surface area contributed by atoms with Crippen LogP contribution in [0.4, 0.5) is 0 Å². The van der Waals surface area contributed by atoms with E-state index in [-0.39, 0.29) is 6.04 Å². The first-order valence-corrected chi connectivity index (χ1v) is 6.12. The van der Waals surface area contributed by atoms with E-state index >= 15 is 0 Å². The molecule has 1 aromatic heterocycles. The van der Waals surface area contributed by atoms with E-state index in [9.17, 15) is 0 Å². The van der Waals surface area contributed by atoms with Crippen LogP contribution in [0.3, 0.4) is 0 Å². The number of hydrogen-bond donors (Lipinski definition) is 1. The van der Waals surface area contributed by atoms with Gasteiger partial charge in [-0.15, -0.1) is 11.3 Å². The van der Waals surface area contributed by atoms with E-state index in [1.807, 2.05) is 6.92 Å². The normalized spacial score (nSPS) is 13.1. The van der Waals surface area contributed by atoms with Crippen molar-refractivity contribution < 1.29 is 4.74 Å². The lowest BCUT2D eigenvalue weighted by Crippen LogP contribution is -2.23. The maximum absolute atomic E-state index is 6.02. The highest BCUT2D eigenvalue weighted by Gasteiger charge is 2.08. The van der Waals surface area contributed by atoms with Crippen molar-refractivity contribution in [3.8, 4) is 0 Å². The Morgan fingerprint density at radius 1 is 1.47 bits per heavy atom. The maximum atomic E-state index is 6.02. The zero-order valence-electron chi connectivity index (χ0n) is 9.75. The summed E-state index contributed by atoms with van der Waals surface area (Å²) in [6.45, 7) is 4.95. The summed E-state index contributed by atoms with van der Waals surface area (Å²) in [6, 6.07) is 0.213. The summed E-state index contributed by atoms with van der Waals surface area (Å²) in [4.78, 5) is 5.79. The minimum atomic E-state index is 0.213. The molecule has 3 nitrogen and oxygen atoms in total. The maximum Gasteiger partial charge on any atom is 0.0946 e. The van der Waals surface area contributed by atoms with Crippen LogP contribution < -0.4 is 5.73 Å². The predicted molar refractivity (Wildman–Crippen MR) is 64.4 cm³/mol. The van der Waals surface area contributed by atoms with Gasteiger partial charge in [-0.1, -0.05) is 0 Å². The molecule has 0 amide bonds. The van der Waals surface area contributed by atoms with Crippen LogP contribution in [0.25, 0.3) is 0 Å². The molecule has 1 rings (SSSR count). The van der Waals surface area contributed by atoms with Crippen molar-refractivity contribution in [3.63, 3.8) is 0 Å². The number of thiazole rings is 1. The van der Waals surface area contributed by atoms with Crippen molar-refractivity contribution in [2.75, 3.05) is 13.7 Å². The van der Waals surface area contributed by atoms with Crippen molar-refractivity contribution in [2.24, 2.45) is 5.73 Å². The molecule has 0 radical (unpaired) electrons. The van der Waals surface area contributed by atoms with Crippen LogP contribution in [0.5, 0.6) is 0 Å². The summed E-state index contributed by atoms with van der Waals surface area (Å²) < 4.78 is 5.00. The van der Waals surface area contributed by atoms with E-state index in [1.54, 1.807) is 18.4 Å². The van der Waals surface area contributed by atoms with Gasteiger partial charge in [0, 0.05) is 31.1 Å². The lowest BCUT2D eigenvalue weighted by molar-refractivity contribution is 0.190. The first kappa shape index (κ1) is 12.6. The van der Waals surface area contributed by atoms with Crippen molar-refractivity contribution in [1.82, 2.24) is 4.98 Å². The number of hydrogen-bond acceptors (Lipinski definition) is 4. The molecule has 1 atom stereocenters. The summed E-state index contributed by atoms with van der Waals surface area (Å²) in [5, 5.41) is 1.16. The fourth-order valence-corrected chi connectivity index (χ4v) is 2.47. The fourth-order valence-electron chi connectivity index (χ4n) is 1.44. The average Bonchev–Trinajstić information content (AvgIpc) is 2.46. The number of aromatic nitrogens is 1. The molecule has 0 bridgehead atoms. The molecule has 0 fully saturated rings. The van der Waals surface area contributed by atoms with Crippen LogP contribution in [0, 0.1) is 13.8 Å². The minimum absolute atomic E-state index is 0.213. The second-order valence-electron chi connectivity index (χ2n) is 3.85. The standard InChI is InChI=1S/C11H20N2OS/c1-8-9(2)15-11(13-8)7-10(12)5-4-6-14-3/h10H,4-7,12H2,1-3H3. The Morgan fingerprint density at radius 2 is 2.20 bits per heavy atom. The van der Waals surface area contributed by atoms with Gasteiger partial charge in [0.1, 0.15) is 0 Å². The second-order valence-corrected chi connectivity index (χ2v) is 5.14. The molecule has 0 spiro atoms. The second kappa shape index (κ2) is 6.20. The Bertz CT molecular complexity index is 279. The molecule has 1 unspecified atom stereocenters. The van der Waals surface area contributed by atoms with Crippen molar-refractivity contribution >= 4 is 11.3 Å². The van der Waals surface area contributed by atoms with Gasteiger partial charge < -0.3 is 10.5 Å². The number of rotatable bonds is 6. The molecule has 0 saturated carbocycles. The number of ether oxygens (including phenoxy) is 1. The Morgan fingerprint density at radius 3 is 2.73 bits per heavy atom. The quantitative estimate of drug-likeness (QED) is 0.758. The Balaban J connectivity index is 2.34. The lowest BCUT2D eigenvalue weighted by atomic mass is 10.1. The molecule has 0 aliphatic heterocycles. The van der Waals surface area contributed by atoms with Gasteiger partial charge in [0.2, 0.25) is 0 Å². The first-order valence-electron chi connectivity index (χ1n) is 5.31. The zero-order chi connectivity index (χ0) is 11.3. The van der Waals surface area contributed by atoms with Gasteiger partial charge in [0.25, 0.3) is 0 Å². The van der Waals surface area contributed by atoms with Crippen LogP contribution in [0.2, 0.25) is 0 Å². The molecule has 0 saturated heterocycles. The van der Waals surface area contributed by atoms with E-state index in [0.717, 1.165) is 36.6 Å². The van der Waals surface area contributed by atoms with Gasteiger partial charge >= 0.3 is 0 Å². The molecule has 0 aliphatic carbocycles. The molecule has 0 aromatic carbocycles. The zero-order valence-corrected chi connectivity index (χ0v) is 10.6. The highest BCUT2D eigenvalue weighted by Crippen LogP contribution is 2.18. The third kappa shape index (κ3) is 4.28. The average molecular weight is 228 g/mol. The molecule has 1 heterocycles. The Kier molecular flexibility index (Phi) is 5.22. The van der Waals surface area contributed by atoms with E-state index in [0.29, 0.717) is 0 Å². The Labute approximate surface area is 95.7 Å². The molecule has 15 heavy (non-hydrogen) atoms. The van der Waals surface area contributed by atoms with Gasteiger partial charge in [-0.25, -0.2) is 4.98 Å². The van der Waals surface area contributed by atoms with Gasteiger partial charge in [0.15, 0.2) is 0 Å². The van der Waals surface area contributed by atoms with Crippen molar-refractivity contribution in [2.45, 2.75) is 39.2 Å². The van der Waals surface area contributed by atoms with Gasteiger partial charge in [-0.05, 0) is 26.7 Å². The van der Waals surface area contributed by atoms with Crippen LogP contribution in [-0.2, 0) is 11.2 Å². The molecule has 4 heteroatoms. The molecule has 2 N–H and O–H groups in total. The highest BCUT2D eigenvalue weighted by molar-refractivity contribution is 7.11. The minimum Gasteiger partial charge on any atom is -0.385 e. The SMILES string of the molecule is COCCCC(N)Cc1nc(C)c(C)s1. The molecule has 0 aliphatic rings. The predicted octanol–water partition coefficient (Wildman–Crippen LogP) is 2.06. The van der Waals surface area contributed by atoms with E-state index < -0.39 is 0 Å². The summed E-state index contributed by atoms with van der Waals surface area (Å²) >= 11 is 1.76. The van der Waals surface area contributed by atoms with Crippen LogP contribution >= 0.6 is 11.3 Å². The largest absolute Gasteiger partial charge is 0.385 e. The van der Waals surface area contributed by atoms with Gasteiger partial charge in [-0.3, -0.25) is 0 Å². The summed E-state index contributed by atoms with van der Waals surface area (Å²) in [6.07, 6.45) is 2.93. The number of methoxy groups -OCH3 is 1. The molecule has 1 aromatic rings. The van der Waals surface area contributed by atoms with Crippen molar-refractivity contribution in [1.29, 1.82) is 0 Å². The Hall–Kier alpha value is -0.450. The van der Waals surface area contributed by atoms with E-state index in [1.165, 1.54) is 4.88 Å². The van der Waals surface area contributed by atoms with Crippen molar-refractivity contribution in [3.05, 3.63) is 15.6 Å². The molecular weight excluding hydrogens is 208 g/mol. The topological polar surface area (TPSA) is 48.1 Å². The third-order valence-electron chi connectivity index (χ3n) is 2.43. The number of nitrogens with two attached hydrogens (primary N) is 1. The van der Waals surface area contributed by atoms with Crippen LogP contribution in [-0.4, -0.2) is 24.7 Å². The molecule has 86 valence electrons. The summed E-state index contributed by atoms with van der Waals surface area (Å²) in [5.74, 6) is 0. The van der Waals surface area contributed by atoms with E-state index in [2.05, 4.69) is 11.9 Å². The monoisotopic (exact) mass is 228 g/mol. The smallest absolute Gasteiger partial charge is 0.0946 e. The molecular formula is C11H20N2OS.